The van der Waals surface area contributed by atoms with Crippen molar-refractivity contribution in [1.29, 1.82) is 0 Å². The number of H-pyrrole nitrogens is 1. The number of hydrogen-bond donors (Lipinski definition) is 2. The van der Waals surface area contributed by atoms with Gasteiger partial charge in [-0.25, -0.2) is 9.78 Å². The number of likely N-dealkylation sites (tertiary alicyclic amines) is 1. The van der Waals surface area contributed by atoms with Crippen molar-refractivity contribution in [1.82, 2.24) is 20.2 Å². The topological polar surface area (TPSA) is 87.3 Å². The molecule has 0 spiro atoms. The van der Waals surface area contributed by atoms with Crippen LogP contribution in [0.4, 0.5) is 4.79 Å². The summed E-state index contributed by atoms with van der Waals surface area (Å²) >= 11 is 0. The summed E-state index contributed by atoms with van der Waals surface area (Å²) in [5.41, 5.74) is 0.452. The summed E-state index contributed by atoms with van der Waals surface area (Å²) in [4.78, 5) is 31.6. The van der Waals surface area contributed by atoms with E-state index in [0.717, 1.165) is 12.8 Å². The number of rotatable bonds is 3. The fraction of sp³-hybridized carbons (Fsp3) is 0.583. The first-order chi connectivity index (χ1) is 9.20. The van der Waals surface area contributed by atoms with Gasteiger partial charge in [0.25, 0.3) is 5.91 Å². The van der Waals surface area contributed by atoms with E-state index in [1.807, 2.05) is 0 Å². The zero-order valence-corrected chi connectivity index (χ0v) is 10.9. The highest BCUT2D eigenvalue weighted by Crippen LogP contribution is 2.12. The Morgan fingerprint density at radius 1 is 1.53 bits per heavy atom. The predicted molar refractivity (Wildman–Crippen MR) is 67.7 cm³/mol. The van der Waals surface area contributed by atoms with Crippen LogP contribution in [0.3, 0.4) is 0 Å². The molecule has 104 valence electrons. The second-order valence-electron chi connectivity index (χ2n) is 4.40. The van der Waals surface area contributed by atoms with Crippen LogP contribution in [-0.4, -0.2) is 52.6 Å². The van der Waals surface area contributed by atoms with E-state index in [-0.39, 0.29) is 18.0 Å². The van der Waals surface area contributed by atoms with Crippen molar-refractivity contribution in [3.05, 3.63) is 18.2 Å². The van der Waals surface area contributed by atoms with E-state index in [1.54, 1.807) is 11.8 Å². The number of amides is 2. The number of carbonyl (C=O) groups excluding carboxylic acids is 2. The van der Waals surface area contributed by atoms with Crippen LogP contribution in [0.2, 0.25) is 0 Å². The van der Waals surface area contributed by atoms with E-state index in [9.17, 15) is 9.59 Å². The minimum atomic E-state index is -0.277. The van der Waals surface area contributed by atoms with Crippen LogP contribution >= 0.6 is 0 Å². The van der Waals surface area contributed by atoms with Gasteiger partial charge in [-0.1, -0.05) is 0 Å². The molecule has 0 aromatic carbocycles. The number of imidazole rings is 1. The summed E-state index contributed by atoms with van der Waals surface area (Å²) in [6.07, 6.45) is 4.15. The van der Waals surface area contributed by atoms with Crippen molar-refractivity contribution >= 4 is 12.0 Å². The molecule has 1 aromatic rings. The van der Waals surface area contributed by atoms with Crippen molar-refractivity contribution in [2.45, 2.75) is 25.8 Å². The Morgan fingerprint density at radius 3 is 2.84 bits per heavy atom. The lowest BCUT2D eigenvalue weighted by Crippen LogP contribution is -2.46. The molecule has 2 N–H and O–H groups in total. The average Bonchev–Trinajstić information content (AvgIpc) is 2.94. The predicted octanol–water partition coefficient (Wildman–Crippen LogP) is 0.760. The normalized spacial score (nSPS) is 16.2. The first kappa shape index (κ1) is 13.4. The maximum Gasteiger partial charge on any atom is 0.409 e. The van der Waals surface area contributed by atoms with E-state index in [4.69, 9.17) is 4.74 Å². The number of hydrogen-bond acceptors (Lipinski definition) is 4. The fourth-order valence-electron chi connectivity index (χ4n) is 2.06. The van der Waals surface area contributed by atoms with E-state index in [0.29, 0.717) is 25.4 Å². The molecule has 0 aliphatic carbocycles. The second kappa shape index (κ2) is 6.21. The summed E-state index contributed by atoms with van der Waals surface area (Å²) in [7, 11) is 0. The number of nitrogens with one attached hydrogen (secondary N) is 2. The smallest absolute Gasteiger partial charge is 0.409 e. The van der Waals surface area contributed by atoms with E-state index >= 15 is 0 Å². The Labute approximate surface area is 111 Å². The van der Waals surface area contributed by atoms with Crippen molar-refractivity contribution in [3.8, 4) is 0 Å². The SMILES string of the molecule is CCOC(=O)N1CCC(NC(=O)c2cnc[nH]2)CC1. The first-order valence-corrected chi connectivity index (χ1v) is 6.41. The molecule has 0 atom stereocenters. The van der Waals surface area contributed by atoms with Crippen molar-refractivity contribution in [2.75, 3.05) is 19.7 Å². The summed E-state index contributed by atoms with van der Waals surface area (Å²) in [5.74, 6) is -0.160. The molecule has 1 aromatic heterocycles. The molecule has 1 aliphatic rings. The van der Waals surface area contributed by atoms with Gasteiger partial charge in [0.1, 0.15) is 5.69 Å². The zero-order valence-electron chi connectivity index (χ0n) is 10.9. The van der Waals surface area contributed by atoms with Gasteiger partial charge in [-0.05, 0) is 19.8 Å². The molecular formula is C12H18N4O3. The molecule has 7 heteroatoms. The average molecular weight is 266 g/mol. The quantitative estimate of drug-likeness (QED) is 0.845. The summed E-state index contributed by atoms with van der Waals surface area (Å²) in [6.45, 7) is 3.38. The first-order valence-electron chi connectivity index (χ1n) is 6.41. The molecule has 0 radical (unpaired) electrons. The summed E-state index contributed by atoms with van der Waals surface area (Å²) in [6, 6.07) is 0.0847. The monoisotopic (exact) mass is 266 g/mol. The van der Waals surface area contributed by atoms with Crippen molar-refractivity contribution in [2.24, 2.45) is 0 Å². The number of aromatic nitrogens is 2. The van der Waals surface area contributed by atoms with Crippen molar-refractivity contribution in [3.63, 3.8) is 0 Å². The Balaban J connectivity index is 1.77. The molecule has 0 bridgehead atoms. The van der Waals surface area contributed by atoms with Gasteiger partial charge < -0.3 is 19.9 Å². The van der Waals surface area contributed by atoms with Gasteiger partial charge in [0.2, 0.25) is 0 Å². The molecule has 0 unspecified atom stereocenters. The van der Waals surface area contributed by atoms with Gasteiger partial charge in [0, 0.05) is 19.1 Å². The lowest BCUT2D eigenvalue weighted by atomic mass is 10.1. The molecule has 2 heterocycles. The van der Waals surface area contributed by atoms with E-state index in [2.05, 4.69) is 15.3 Å². The Kier molecular flexibility index (Phi) is 4.38. The standard InChI is InChI=1S/C12H18N4O3/c1-2-19-12(18)16-5-3-9(4-6-16)15-11(17)10-7-13-8-14-10/h7-9H,2-6H2,1H3,(H,13,14)(H,15,17). The number of carbonyl (C=O) groups is 2. The van der Waals surface area contributed by atoms with Crippen LogP contribution < -0.4 is 5.32 Å². The number of aromatic amines is 1. The van der Waals surface area contributed by atoms with Gasteiger partial charge in [0.05, 0.1) is 19.1 Å². The van der Waals surface area contributed by atoms with Crippen LogP contribution in [0.1, 0.15) is 30.3 Å². The molecule has 1 saturated heterocycles. The van der Waals surface area contributed by atoms with E-state index < -0.39 is 0 Å². The third kappa shape index (κ3) is 3.46. The fourth-order valence-corrected chi connectivity index (χ4v) is 2.06. The highest BCUT2D eigenvalue weighted by molar-refractivity contribution is 5.92. The summed E-state index contributed by atoms with van der Waals surface area (Å²) in [5, 5.41) is 2.92. The number of ether oxygens (including phenoxy) is 1. The second-order valence-corrected chi connectivity index (χ2v) is 4.40. The van der Waals surface area contributed by atoms with Crippen LogP contribution in [-0.2, 0) is 4.74 Å². The molecule has 2 amide bonds. The molecule has 19 heavy (non-hydrogen) atoms. The van der Waals surface area contributed by atoms with Crippen LogP contribution in [0, 0.1) is 0 Å². The third-order valence-electron chi connectivity index (χ3n) is 3.10. The Bertz CT molecular complexity index is 424. The molecule has 1 fully saturated rings. The third-order valence-corrected chi connectivity index (χ3v) is 3.10. The minimum Gasteiger partial charge on any atom is -0.450 e. The van der Waals surface area contributed by atoms with Crippen LogP contribution in [0.15, 0.2) is 12.5 Å². The lowest BCUT2D eigenvalue weighted by Gasteiger charge is -2.31. The lowest BCUT2D eigenvalue weighted by molar-refractivity contribution is 0.0857. The molecule has 2 rings (SSSR count). The molecule has 1 aliphatic heterocycles. The molecule has 7 nitrogen and oxygen atoms in total. The molecule has 0 saturated carbocycles. The van der Waals surface area contributed by atoms with Crippen LogP contribution in [0.5, 0.6) is 0 Å². The van der Waals surface area contributed by atoms with Crippen LogP contribution in [0.25, 0.3) is 0 Å². The largest absolute Gasteiger partial charge is 0.450 e. The van der Waals surface area contributed by atoms with Crippen molar-refractivity contribution < 1.29 is 14.3 Å². The van der Waals surface area contributed by atoms with Gasteiger partial charge in [-0.3, -0.25) is 4.79 Å². The summed E-state index contributed by atoms with van der Waals surface area (Å²) < 4.78 is 4.94. The Hall–Kier alpha value is -2.05. The van der Waals surface area contributed by atoms with Gasteiger partial charge >= 0.3 is 6.09 Å². The molecular weight excluding hydrogens is 248 g/mol. The van der Waals surface area contributed by atoms with Gasteiger partial charge in [0.15, 0.2) is 0 Å². The number of piperidine rings is 1. The Morgan fingerprint density at radius 2 is 2.26 bits per heavy atom. The van der Waals surface area contributed by atoms with E-state index in [1.165, 1.54) is 12.5 Å². The highest BCUT2D eigenvalue weighted by Gasteiger charge is 2.24. The minimum absolute atomic E-state index is 0.0847. The maximum atomic E-state index is 11.8. The van der Waals surface area contributed by atoms with Gasteiger partial charge in [-0.2, -0.15) is 0 Å². The maximum absolute atomic E-state index is 11.8. The number of nitrogens with zero attached hydrogens (tertiary/aromatic N) is 2. The highest BCUT2D eigenvalue weighted by atomic mass is 16.6. The zero-order chi connectivity index (χ0) is 13.7. The van der Waals surface area contributed by atoms with Gasteiger partial charge in [-0.15, -0.1) is 0 Å².